The van der Waals surface area contributed by atoms with Crippen molar-refractivity contribution in [2.24, 2.45) is 0 Å². The van der Waals surface area contributed by atoms with Gasteiger partial charge in [-0.25, -0.2) is 0 Å². The summed E-state index contributed by atoms with van der Waals surface area (Å²) in [6.07, 6.45) is 4.06. The van der Waals surface area contributed by atoms with E-state index in [2.05, 4.69) is 30.1 Å². The first kappa shape index (κ1) is 11.2. The standard InChI is InChI=1S/C14H19NO/c1-3-6-13(15-2)11-9-10-16-14-8-5-4-7-12(11)14/h3-5,7-8,11,13,15H,1,6,9-10H2,2H3. The molecule has 1 aliphatic rings. The topological polar surface area (TPSA) is 21.3 Å². The summed E-state index contributed by atoms with van der Waals surface area (Å²) in [4.78, 5) is 0. The highest BCUT2D eigenvalue weighted by Gasteiger charge is 2.26. The van der Waals surface area contributed by atoms with Crippen molar-refractivity contribution in [1.29, 1.82) is 0 Å². The lowest BCUT2D eigenvalue weighted by Crippen LogP contribution is -2.34. The van der Waals surface area contributed by atoms with Crippen LogP contribution in [-0.4, -0.2) is 19.7 Å². The second-order valence-electron chi connectivity index (χ2n) is 4.20. The highest BCUT2D eigenvalue weighted by Crippen LogP contribution is 2.36. The number of likely N-dealkylation sites (N-methyl/N-ethyl adjacent to an activating group) is 1. The van der Waals surface area contributed by atoms with E-state index in [0.717, 1.165) is 25.2 Å². The number of ether oxygens (including phenoxy) is 1. The molecule has 1 aliphatic heterocycles. The summed E-state index contributed by atoms with van der Waals surface area (Å²) >= 11 is 0. The number of rotatable bonds is 4. The minimum atomic E-state index is 0.461. The van der Waals surface area contributed by atoms with Crippen LogP contribution in [0.3, 0.4) is 0 Å². The predicted octanol–water partition coefficient (Wildman–Crippen LogP) is 2.72. The molecule has 1 aromatic rings. The molecule has 0 saturated heterocycles. The molecule has 2 rings (SSSR count). The first-order valence-electron chi connectivity index (χ1n) is 5.86. The molecule has 0 aromatic heterocycles. The Hall–Kier alpha value is -1.28. The third-order valence-electron chi connectivity index (χ3n) is 3.28. The Labute approximate surface area is 97.3 Å². The van der Waals surface area contributed by atoms with Crippen LogP contribution in [0.25, 0.3) is 0 Å². The molecular formula is C14H19NO. The fourth-order valence-corrected chi connectivity index (χ4v) is 2.45. The summed E-state index contributed by atoms with van der Waals surface area (Å²) in [5.41, 5.74) is 1.33. The van der Waals surface area contributed by atoms with Crippen LogP contribution in [-0.2, 0) is 0 Å². The van der Waals surface area contributed by atoms with Crippen LogP contribution in [0.15, 0.2) is 36.9 Å². The third kappa shape index (κ3) is 2.12. The van der Waals surface area contributed by atoms with E-state index in [9.17, 15) is 0 Å². The Morgan fingerprint density at radius 3 is 3.12 bits per heavy atom. The summed E-state index contributed by atoms with van der Waals surface area (Å²) in [6, 6.07) is 8.81. The van der Waals surface area contributed by atoms with Gasteiger partial charge >= 0.3 is 0 Å². The minimum absolute atomic E-state index is 0.461. The van der Waals surface area contributed by atoms with Crippen LogP contribution < -0.4 is 10.1 Å². The molecule has 0 radical (unpaired) electrons. The lowest BCUT2D eigenvalue weighted by molar-refractivity contribution is 0.248. The fraction of sp³-hybridized carbons (Fsp3) is 0.429. The molecule has 0 saturated carbocycles. The Balaban J connectivity index is 2.26. The van der Waals surface area contributed by atoms with Gasteiger partial charge in [0.2, 0.25) is 0 Å². The molecule has 0 fully saturated rings. The second-order valence-corrected chi connectivity index (χ2v) is 4.20. The van der Waals surface area contributed by atoms with Gasteiger partial charge in [-0.3, -0.25) is 0 Å². The molecule has 2 unspecified atom stereocenters. The van der Waals surface area contributed by atoms with Crippen LogP contribution in [0.1, 0.15) is 24.3 Å². The van der Waals surface area contributed by atoms with Crippen LogP contribution in [0.2, 0.25) is 0 Å². The lowest BCUT2D eigenvalue weighted by Gasteiger charge is -2.31. The molecule has 0 spiro atoms. The van der Waals surface area contributed by atoms with Gasteiger partial charge in [0.15, 0.2) is 0 Å². The minimum Gasteiger partial charge on any atom is -0.493 e. The zero-order chi connectivity index (χ0) is 11.4. The summed E-state index contributed by atoms with van der Waals surface area (Å²) in [5, 5.41) is 3.39. The molecule has 2 heteroatoms. The maximum absolute atomic E-state index is 5.67. The number of hydrogen-bond donors (Lipinski definition) is 1. The van der Waals surface area contributed by atoms with Gasteiger partial charge < -0.3 is 10.1 Å². The van der Waals surface area contributed by atoms with Crippen LogP contribution >= 0.6 is 0 Å². The van der Waals surface area contributed by atoms with Crippen molar-refractivity contribution in [2.75, 3.05) is 13.7 Å². The molecule has 1 heterocycles. The van der Waals surface area contributed by atoms with E-state index >= 15 is 0 Å². The molecule has 2 atom stereocenters. The Morgan fingerprint density at radius 2 is 2.38 bits per heavy atom. The maximum atomic E-state index is 5.67. The maximum Gasteiger partial charge on any atom is 0.122 e. The van der Waals surface area contributed by atoms with E-state index in [1.54, 1.807) is 0 Å². The number of para-hydroxylation sites is 1. The molecular weight excluding hydrogens is 198 g/mol. The van der Waals surface area contributed by atoms with E-state index in [4.69, 9.17) is 4.74 Å². The number of benzene rings is 1. The summed E-state index contributed by atoms with van der Waals surface area (Å²) in [7, 11) is 2.02. The Morgan fingerprint density at radius 1 is 1.56 bits per heavy atom. The first-order valence-corrected chi connectivity index (χ1v) is 5.86. The second kappa shape index (κ2) is 5.17. The zero-order valence-corrected chi connectivity index (χ0v) is 9.78. The SMILES string of the molecule is C=CCC(NC)C1CCOc2ccccc21. The molecule has 1 aromatic carbocycles. The van der Waals surface area contributed by atoms with Crippen molar-refractivity contribution >= 4 is 0 Å². The van der Waals surface area contributed by atoms with Crippen molar-refractivity contribution in [3.05, 3.63) is 42.5 Å². The summed E-state index contributed by atoms with van der Waals surface area (Å²) < 4.78 is 5.67. The molecule has 1 N–H and O–H groups in total. The van der Waals surface area contributed by atoms with Crippen molar-refractivity contribution in [1.82, 2.24) is 5.32 Å². The average Bonchev–Trinajstić information content (AvgIpc) is 2.35. The smallest absolute Gasteiger partial charge is 0.122 e. The van der Waals surface area contributed by atoms with Gasteiger partial charge in [0, 0.05) is 12.0 Å². The van der Waals surface area contributed by atoms with Gasteiger partial charge in [0.1, 0.15) is 5.75 Å². The first-order chi connectivity index (χ1) is 7.86. The van der Waals surface area contributed by atoms with Crippen molar-refractivity contribution in [2.45, 2.75) is 24.8 Å². The summed E-state index contributed by atoms with van der Waals surface area (Å²) in [6.45, 7) is 4.64. The Kier molecular flexibility index (Phi) is 3.62. The summed E-state index contributed by atoms with van der Waals surface area (Å²) in [5.74, 6) is 1.58. The average molecular weight is 217 g/mol. The predicted molar refractivity (Wildman–Crippen MR) is 67.0 cm³/mol. The van der Waals surface area contributed by atoms with Crippen molar-refractivity contribution in [3.8, 4) is 5.75 Å². The van der Waals surface area contributed by atoms with Gasteiger partial charge in [-0.15, -0.1) is 6.58 Å². The normalized spacial score (nSPS) is 20.7. The Bertz CT molecular complexity index is 362. The van der Waals surface area contributed by atoms with Gasteiger partial charge in [0.05, 0.1) is 6.61 Å². The van der Waals surface area contributed by atoms with Crippen LogP contribution in [0.4, 0.5) is 0 Å². The van der Waals surface area contributed by atoms with Gasteiger partial charge in [-0.2, -0.15) is 0 Å². The molecule has 0 bridgehead atoms. The number of hydrogen-bond acceptors (Lipinski definition) is 2. The van der Waals surface area contributed by atoms with E-state index in [-0.39, 0.29) is 0 Å². The lowest BCUT2D eigenvalue weighted by atomic mass is 9.85. The molecule has 86 valence electrons. The quantitative estimate of drug-likeness (QED) is 0.783. The molecule has 0 aliphatic carbocycles. The highest BCUT2D eigenvalue weighted by atomic mass is 16.5. The molecule has 2 nitrogen and oxygen atoms in total. The zero-order valence-electron chi connectivity index (χ0n) is 9.78. The van der Waals surface area contributed by atoms with Crippen molar-refractivity contribution in [3.63, 3.8) is 0 Å². The van der Waals surface area contributed by atoms with E-state index in [1.807, 2.05) is 19.2 Å². The van der Waals surface area contributed by atoms with E-state index < -0.39 is 0 Å². The van der Waals surface area contributed by atoms with Crippen molar-refractivity contribution < 1.29 is 4.74 Å². The highest BCUT2D eigenvalue weighted by molar-refractivity contribution is 5.38. The molecule has 0 amide bonds. The van der Waals surface area contributed by atoms with Crippen LogP contribution in [0.5, 0.6) is 5.75 Å². The number of nitrogens with one attached hydrogen (secondary N) is 1. The number of fused-ring (bicyclic) bond motifs is 1. The monoisotopic (exact) mass is 217 g/mol. The van der Waals surface area contributed by atoms with E-state index in [1.165, 1.54) is 5.56 Å². The van der Waals surface area contributed by atoms with Crippen LogP contribution in [0, 0.1) is 0 Å². The van der Waals surface area contributed by atoms with Gasteiger partial charge in [-0.1, -0.05) is 24.3 Å². The largest absolute Gasteiger partial charge is 0.493 e. The van der Waals surface area contributed by atoms with Gasteiger partial charge in [0.25, 0.3) is 0 Å². The van der Waals surface area contributed by atoms with Gasteiger partial charge in [-0.05, 0) is 31.5 Å². The third-order valence-corrected chi connectivity index (χ3v) is 3.28. The van der Waals surface area contributed by atoms with E-state index in [0.29, 0.717) is 12.0 Å². The molecule has 16 heavy (non-hydrogen) atoms. The fourth-order valence-electron chi connectivity index (χ4n) is 2.45.